The summed E-state index contributed by atoms with van der Waals surface area (Å²) >= 11 is 6.44. The summed E-state index contributed by atoms with van der Waals surface area (Å²) in [5, 5.41) is 0. The minimum atomic E-state index is -0.285. The zero-order valence-electron chi connectivity index (χ0n) is 4.39. The number of alkyl halides is 2. The maximum Gasteiger partial charge on any atom is 0.138 e. The van der Waals surface area contributed by atoms with Crippen LogP contribution in [0.3, 0.4) is 0 Å². The number of halogens is 3. The Morgan fingerprint density at radius 1 is 1.56 bits per heavy atom. The van der Waals surface area contributed by atoms with Crippen LogP contribution in [0.5, 0.6) is 0 Å². The largest absolute Gasteiger partial charge is 0.274 e. The molecule has 1 aliphatic rings. The molecule has 9 heavy (non-hydrogen) atoms. The summed E-state index contributed by atoms with van der Waals surface area (Å²) in [6.07, 6.45) is 2.67. The Morgan fingerprint density at radius 2 is 2.22 bits per heavy atom. The number of hydrogen-bond donors (Lipinski definition) is 0. The molecule has 1 nitrogen and oxygen atoms in total. The van der Waals surface area contributed by atoms with Crippen LogP contribution in [0.15, 0.2) is 16.9 Å². The first-order valence-corrected chi connectivity index (χ1v) is 4.22. The van der Waals surface area contributed by atoms with E-state index in [9.17, 15) is 4.39 Å². The predicted octanol–water partition coefficient (Wildman–Crippen LogP) is 2.41. The number of aliphatic imine (C=N–C) groups is 1. The van der Waals surface area contributed by atoms with E-state index in [-0.39, 0.29) is 15.6 Å². The van der Waals surface area contributed by atoms with Crippen LogP contribution >= 0.6 is 31.9 Å². The molecule has 1 heterocycles. The van der Waals surface area contributed by atoms with Gasteiger partial charge in [0, 0.05) is 0 Å². The number of allylic oxidation sites excluding steroid dienone is 1. The summed E-state index contributed by atoms with van der Waals surface area (Å²) in [6, 6.07) is 0. The van der Waals surface area contributed by atoms with Crippen molar-refractivity contribution in [1.29, 1.82) is 0 Å². The smallest absolute Gasteiger partial charge is 0.138 e. The van der Waals surface area contributed by atoms with Gasteiger partial charge in [-0.3, -0.25) is 4.99 Å². The summed E-state index contributed by atoms with van der Waals surface area (Å²) in [7, 11) is 0. The Kier molecular flexibility index (Phi) is 2.41. The van der Waals surface area contributed by atoms with Crippen molar-refractivity contribution in [2.45, 2.75) is 9.78 Å². The molecular formula is C5H4Br2FN. The maximum atomic E-state index is 12.3. The average Bonchev–Trinajstić information content (AvgIpc) is 1.80. The van der Waals surface area contributed by atoms with Gasteiger partial charge in [-0.05, 0) is 6.08 Å². The standard InChI is InChI=1S/C5H4Br2FN/c6-4-1-3(8)2-9-5(4)7/h1-2,4-5H. The van der Waals surface area contributed by atoms with E-state index in [4.69, 9.17) is 0 Å². The monoisotopic (exact) mass is 255 g/mol. The molecule has 1 aliphatic heterocycles. The molecule has 2 unspecified atom stereocenters. The molecule has 0 saturated carbocycles. The molecule has 0 bridgehead atoms. The summed E-state index contributed by atoms with van der Waals surface area (Å²) in [4.78, 5) is 3.74. The highest BCUT2D eigenvalue weighted by atomic mass is 79.9. The summed E-state index contributed by atoms with van der Waals surface area (Å²) in [5.41, 5.74) is 0. The van der Waals surface area contributed by atoms with Crippen molar-refractivity contribution in [3.8, 4) is 0 Å². The topological polar surface area (TPSA) is 12.4 Å². The third-order valence-electron chi connectivity index (χ3n) is 0.921. The van der Waals surface area contributed by atoms with Gasteiger partial charge in [-0.1, -0.05) is 31.9 Å². The molecule has 4 heteroatoms. The summed E-state index contributed by atoms with van der Waals surface area (Å²) < 4.78 is 12.3. The molecule has 50 valence electrons. The highest BCUT2D eigenvalue weighted by Gasteiger charge is 2.15. The highest BCUT2D eigenvalue weighted by molar-refractivity contribution is 9.12. The van der Waals surface area contributed by atoms with Gasteiger partial charge in [0.25, 0.3) is 0 Å². The molecule has 0 fully saturated rings. The average molecular weight is 257 g/mol. The van der Waals surface area contributed by atoms with Crippen LogP contribution in [-0.2, 0) is 0 Å². The van der Waals surface area contributed by atoms with E-state index < -0.39 is 0 Å². The minimum absolute atomic E-state index is 0.0255. The fraction of sp³-hybridized carbons (Fsp3) is 0.400. The van der Waals surface area contributed by atoms with Crippen LogP contribution in [0, 0.1) is 0 Å². The first-order chi connectivity index (χ1) is 4.20. The van der Waals surface area contributed by atoms with E-state index in [0.29, 0.717) is 0 Å². The van der Waals surface area contributed by atoms with Crippen molar-refractivity contribution in [2.75, 3.05) is 0 Å². The van der Waals surface area contributed by atoms with Gasteiger partial charge in [-0.15, -0.1) is 0 Å². The van der Waals surface area contributed by atoms with E-state index >= 15 is 0 Å². The van der Waals surface area contributed by atoms with Crippen LogP contribution in [0.2, 0.25) is 0 Å². The van der Waals surface area contributed by atoms with Crippen molar-refractivity contribution in [1.82, 2.24) is 0 Å². The SMILES string of the molecule is FC1=CC(Br)C(Br)N=C1. The fourth-order valence-electron chi connectivity index (χ4n) is 0.499. The van der Waals surface area contributed by atoms with Crippen LogP contribution in [-0.4, -0.2) is 16.0 Å². The van der Waals surface area contributed by atoms with Gasteiger partial charge in [0.1, 0.15) is 10.8 Å². The van der Waals surface area contributed by atoms with Crippen molar-refractivity contribution in [2.24, 2.45) is 4.99 Å². The first kappa shape index (κ1) is 7.41. The molecule has 0 N–H and O–H groups in total. The molecule has 0 aliphatic carbocycles. The Labute approximate surface area is 69.3 Å². The Morgan fingerprint density at radius 3 is 2.67 bits per heavy atom. The fourth-order valence-corrected chi connectivity index (χ4v) is 1.16. The molecule has 0 amide bonds. The van der Waals surface area contributed by atoms with E-state index in [1.807, 2.05) is 0 Å². The predicted molar refractivity (Wildman–Crippen MR) is 43.1 cm³/mol. The van der Waals surface area contributed by atoms with E-state index in [1.54, 1.807) is 0 Å². The minimum Gasteiger partial charge on any atom is -0.274 e. The van der Waals surface area contributed by atoms with E-state index in [0.717, 1.165) is 0 Å². The van der Waals surface area contributed by atoms with Crippen molar-refractivity contribution >= 4 is 38.1 Å². The van der Waals surface area contributed by atoms with Gasteiger partial charge in [0.2, 0.25) is 0 Å². The zero-order valence-corrected chi connectivity index (χ0v) is 7.56. The number of nitrogens with zero attached hydrogens (tertiary/aromatic N) is 1. The molecule has 0 aromatic heterocycles. The lowest BCUT2D eigenvalue weighted by Gasteiger charge is -2.11. The highest BCUT2D eigenvalue weighted by Crippen LogP contribution is 2.21. The van der Waals surface area contributed by atoms with Crippen LogP contribution < -0.4 is 0 Å². The molecule has 0 aromatic rings. The molecule has 2 atom stereocenters. The van der Waals surface area contributed by atoms with Gasteiger partial charge in [-0.25, -0.2) is 4.39 Å². The molecule has 1 rings (SSSR count). The van der Waals surface area contributed by atoms with E-state index in [2.05, 4.69) is 36.9 Å². The Balaban J connectivity index is 2.70. The molecular weight excluding hydrogens is 253 g/mol. The normalized spacial score (nSPS) is 34.3. The van der Waals surface area contributed by atoms with Crippen molar-refractivity contribution in [3.05, 3.63) is 11.9 Å². The summed E-state index contributed by atoms with van der Waals surface area (Å²) in [5.74, 6) is -0.285. The third kappa shape index (κ3) is 1.86. The summed E-state index contributed by atoms with van der Waals surface area (Å²) in [6.45, 7) is 0. The first-order valence-electron chi connectivity index (χ1n) is 2.39. The van der Waals surface area contributed by atoms with Gasteiger partial charge >= 0.3 is 0 Å². The lowest BCUT2D eigenvalue weighted by molar-refractivity contribution is 0.671. The van der Waals surface area contributed by atoms with Gasteiger partial charge in [0.15, 0.2) is 0 Å². The van der Waals surface area contributed by atoms with Crippen LogP contribution in [0.4, 0.5) is 4.39 Å². The lowest BCUT2D eigenvalue weighted by Crippen LogP contribution is -2.12. The van der Waals surface area contributed by atoms with Gasteiger partial charge in [-0.2, -0.15) is 0 Å². The lowest BCUT2D eigenvalue weighted by atomic mass is 10.3. The van der Waals surface area contributed by atoms with Crippen LogP contribution in [0.25, 0.3) is 0 Å². The maximum absolute atomic E-state index is 12.3. The van der Waals surface area contributed by atoms with Gasteiger partial charge < -0.3 is 0 Å². The Bertz CT molecular complexity index is 166. The molecule has 0 radical (unpaired) electrons. The molecule has 0 aromatic carbocycles. The zero-order chi connectivity index (χ0) is 6.85. The van der Waals surface area contributed by atoms with Crippen LogP contribution in [0.1, 0.15) is 0 Å². The van der Waals surface area contributed by atoms with Crippen molar-refractivity contribution < 1.29 is 4.39 Å². The van der Waals surface area contributed by atoms with E-state index in [1.165, 1.54) is 12.3 Å². The second-order valence-electron chi connectivity index (χ2n) is 1.65. The number of dihydropyridines is 1. The second-order valence-corrected chi connectivity index (χ2v) is 3.64. The second kappa shape index (κ2) is 2.92. The number of rotatable bonds is 0. The molecule has 0 saturated heterocycles. The third-order valence-corrected chi connectivity index (χ3v) is 3.20. The van der Waals surface area contributed by atoms with Gasteiger partial charge in [0.05, 0.1) is 11.0 Å². The molecule has 0 spiro atoms. The quantitative estimate of drug-likeness (QED) is 0.466. The Hall–Kier alpha value is 0.300. The van der Waals surface area contributed by atoms with Crippen molar-refractivity contribution in [3.63, 3.8) is 0 Å². The number of hydrogen-bond acceptors (Lipinski definition) is 1.